The van der Waals surface area contributed by atoms with E-state index in [1.807, 2.05) is 47.4 Å². The predicted octanol–water partition coefficient (Wildman–Crippen LogP) is 6.48. The second-order valence-corrected chi connectivity index (χ2v) is 11.1. The van der Waals surface area contributed by atoms with E-state index in [9.17, 15) is 4.79 Å². The van der Waals surface area contributed by atoms with Crippen LogP contribution in [0.2, 0.25) is 4.34 Å². The first-order valence-corrected chi connectivity index (χ1v) is 13.5. The lowest BCUT2D eigenvalue weighted by Gasteiger charge is -2.33. The number of rotatable bonds is 6. The quantitative estimate of drug-likeness (QED) is 0.271. The van der Waals surface area contributed by atoms with Crippen LogP contribution in [-0.2, 0) is 6.54 Å². The monoisotopic (exact) mass is 531 g/mol. The number of carbonyl (C=O) groups is 1. The van der Waals surface area contributed by atoms with Gasteiger partial charge in [0.2, 0.25) is 0 Å². The molecule has 6 rings (SSSR count). The molecule has 9 heteroatoms. The molecule has 0 radical (unpaired) electrons. The lowest BCUT2D eigenvalue weighted by atomic mass is 10.0. The number of hydrogen-bond acceptors (Lipinski definition) is 6. The van der Waals surface area contributed by atoms with Crippen molar-refractivity contribution < 1.29 is 9.32 Å². The van der Waals surface area contributed by atoms with Gasteiger partial charge in [0.1, 0.15) is 11.4 Å². The van der Waals surface area contributed by atoms with Gasteiger partial charge in [0, 0.05) is 48.7 Å². The maximum absolute atomic E-state index is 13.8. The van der Waals surface area contributed by atoms with Crippen LogP contribution < -0.4 is 5.32 Å². The number of para-hydroxylation sites is 1. The Balaban J connectivity index is 1.24. The van der Waals surface area contributed by atoms with Gasteiger partial charge in [0.25, 0.3) is 5.91 Å². The molecule has 0 atom stereocenters. The summed E-state index contributed by atoms with van der Waals surface area (Å²) in [6, 6.07) is 18.1. The third kappa shape index (κ3) is 4.86. The molecule has 1 aliphatic heterocycles. The molecule has 1 N–H and O–H groups in total. The minimum Gasteiger partial charge on any atom is -0.382 e. The Bertz CT molecular complexity index is 1550. The summed E-state index contributed by atoms with van der Waals surface area (Å²) in [7, 11) is 0. The highest BCUT2D eigenvalue weighted by Gasteiger charge is 2.27. The number of nitrogens with one attached hydrogen (secondary N) is 1. The number of aryl methyl sites for hydroxylation is 1. The van der Waals surface area contributed by atoms with E-state index >= 15 is 0 Å². The zero-order valence-electron chi connectivity index (χ0n) is 20.4. The van der Waals surface area contributed by atoms with Gasteiger partial charge in [-0.05, 0) is 55.7 Å². The second-order valence-electron chi connectivity index (χ2n) is 9.36. The Labute approximate surface area is 223 Å². The van der Waals surface area contributed by atoms with Crippen molar-refractivity contribution in [3.63, 3.8) is 0 Å². The lowest BCUT2D eigenvalue weighted by molar-refractivity contribution is 0.0708. The zero-order valence-corrected chi connectivity index (χ0v) is 21.9. The lowest BCUT2D eigenvalue weighted by Crippen LogP contribution is -2.43. The average molecular weight is 532 g/mol. The van der Waals surface area contributed by atoms with Crippen molar-refractivity contribution in [1.29, 1.82) is 0 Å². The molecule has 0 saturated carbocycles. The third-order valence-corrected chi connectivity index (χ3v) is 8.12. The molecule has 5 heterocycles. The summed E-state index contributed by atoms with van der Waals surface area (Å²) in [5.74, 6) is 0.725. The topological polar surface area (TPSA) is 76.2 Å². The number of aromatic nitrogens is 3. The van der Waals surface area contributed by atoms with Gasteiger partial charge in [0.15, 0.2) is 5.76 Å². The normalized spacial score (nSPS) is 14.4. The molecule has 1 saturated heterocycles. The predicted molar refractivity (Wildman–Crippen MR) is 147 cm³/mol. The largest absolute Gasteiger partial charge is 0.382 e. The SMILES string of the molecule is Cc1cccc2cc(C(=O)N3CCC(Nc4ccncc4)CC3)n(Cc3cc(-c4ccc(Cl)s4)on3)c12. The molecule has 7 nitrogen and oxygen atoms in total. The van der Waals surface area contributed by atoms with E-state index in [1.165, 1.54) is 11.3 Å². The minimum atomic E-state index is 0.0479. The van der Waals surface area contributed by atoms with E-state index in [0.717, 1.165) is 45.6 Å². The molecule has 0 unspecified atom stereocenters. The van der Waals surface area contributed by atoms with Crippen molar-refractivity contribution in [2.75, 3.05) is 18.4 Å². The van der Waals surface area contributed by atoms with Gasteiger partial charge in [-0.25, -0.2) is 0 Å². The number of halogens is 1. The first kappa shape index (κ1) is 23.8. The van der Waals surface area contributed by atoms with Crippen LogP contribution in [0.4, 0.5) is 5.69 Å². The second kappa shape index (κ2) is 10.0. The third-order valence-electron chi connectivity index (χ3n) is 6.87. The fourth-order valence-electron chi connectivity index (χ4n) is 5.04. The molecule has 4 aromatic heterocycles. The number of nitrogens with zero attached hydrogens (tertiary/aromatic N) is 4. The van der Waals surface area contributed by atoms with Gasteiger partial charge >= 0.3 is 0 Å². The number of hydrogen-bond donors (Lipinski definition) is 1. The average Bonchev–Trinajstić information content (AvgIpc) is 3.64. The van der Waals surface area contributed by atoms with Crippen molar-refractivity contribution >= 4 is 45.4 Å². The van der Waals surface area contributed by atoms with Crippen molar-refractivity contribution in [3.8, 4) is 10.6 Å². The highest BCUT2D eigenvalue weighted by molar-refractivity contribution is 7.19. The Morgan fingerprint density at radius 3 is 2.70 bits per heavy atom. The van der Waals surface area contributed by atoms with Crippen LogP contribution in [0, 0.1) is 6.92 Å². The molecular formula is C28H26ClN5O2S. The van der Waals surface area contributed by atoms with Crippen LogP contribution in [0.3, 0.4) is 0 Å². The molecule has 0 spiro atoms. The summed E-state index contributed by atoms with van der Waals surface area (Å²) >= 11 is 7.55. The van der Waals surface area contributed by atoms with E-state index in [4.69, 9.17) is 16.1 Å². The van der Waals surface area contributed by atoms with E-state index in [0.29, 0.717) is 41.5 Å². The molecule has 5 aromatic rings. The van der Waals surface area contributed by atoms with E-state index in [-0.39, 0.29) is 5.91 Å². The maximum Gasteiger partial charge on any atom is 0.270 e. The molecule has 1 amide bonds. The Kier molecular flexibility index (Phi) is 6.44. The fraction of sp³-hybridized carbons (Fsp3) is 0.250. The molecule has 1 aromatic carbocycles. The highest BCUT2D eigenvalue weighted by atomic mass is 35.5. The number of pyridine rings is 1. The summed E-state index contributed by atoms with van der Waals surface area (Å²) in [6.45, 7) is 3.92. The Morgan fingerprint density at radius 2 is 1.95 bits per heavy atom. The first-order valence-electron chi connectivity index (χ1n) is 12.3. The van der Waals surface area contributed by atoms with Gasteiger partial charge < -0.3 is 19.3 Å². The number of amides is 1. The zero-order chi connectivity index (χ0) is 25.4. The number of fused-ring (bicyclic) bond motifs is 1. The van der Waals surface area contributed by atoms with Crippen molar-refractivity contribution in [2.24, 2.45) is 0 Å². The summed E-state index contributed by atoms with van der Waals surface area (Å²) in [6.07, 6.45) is 5.36. The van der Waals surface area contributed by atoms with Gasteiger partial charge in [-0.3, -0.25) is 9.78 Å². The van der Waals surface area contributed by atoms with E-state index in [1.54, 1.807) is 12.4 Å². The van der Waals surface area contributed by atoms with Gasteiger partial charge in [-0.1, -0.05) is 35.0 Å². The van der Waals surface area contributed by atoms with Crippen molar-refractivity contribution in [2.45, 2.75) is 32.4 Å². The maximum atomic E-state index is 13.8. The fourth-order valence-corrected chi connectivity index (χ4v) is 6.03. The van der Waals surface area contributed by atoms with Crippen LogP contribution in [0.5, 0.6) is 0 Å². The molecule has 0 bridgehead atoms. The first-order chi connectivity index (χ1) is 18.0. The molecular weight excluding hydrogens is 506 g/mol. The molecule has 1 fully saturated rings. The molecule has 188 valence electrons. The summed E-state index contributed by atoms with van der Waals surface area (Å²) in [5.41, 5.74) is 4.66. The Morgan fingerprint density at radius 1 is 1.14 bits per heavy atom. The molecule has 0 aliphatic carbocycles. The number of benzene rings is 1. The summed E-state index contributed by atoms with van der Waals surface area (Å²) in [5, 5.41) is 8.91. The van der Waals surface area contributed by atoms with E-state index in [2.05, 4.69) is 39.1 Å². The summed E-state index contributed by atoms with van der Waals surface area (Å²) in [4.78, 5) is 20.8. The number of piperidine rings is 1. The van der Waals surface area contributed by atoms with Crippen LogP contribution in [-0.4, -0.2) is 44.6 Å². The summed E-state index contributed by atoms with van der Waals surface area (Å²) < 4.78 is 8.40. The number of thiophene rings is 1. The number of anilines is 1. The van der Waals surface area contributed by atoms with Gasteiger partial charge in [-0.15, -0.1) is 11.3 Å². The highest BCUT2D eigenvalue weighted by Crippen LogP contribution is 2.32. The van der Waals surface area contributed by atoms with Crippen LogP contribution in [0.15, 0.2) is 71.5 Å². The molecule has 1 aliphatic rings. The van der Waals surface area contributed by atoms with Crippen LogP contribution in [0.1, 0.15) is 34.6 Å². The number of likely N-dealkylation sites (tertiary alicyclic amines) is 1. The van der Waals surface area contributed by atoms with Crippen LogP contribution in [0.25, 0.3) is 21.5 Å². The van der Waals surface area contributed by atoms with Gasteiger partial charge in [-0.2, -0.15) is 0 Å². The number of carbonyl (C=O) groups excluding carboxylic acids is 1. The van der Waals surface area contributed by atoms with Crippen molar-refractivity contribution in [1.82, 2.24) is 19.6 Å². The standard InChI is InChI=1S/C28H26ClN5O2S/c1-18-3-2-4-19-15-23(28(35)33-13-9-21(10-14-33)31-20-7-11-30-12-8-20)34(27(18)19)17-22-16-24(36-32-22)25-5-6-26(29)37-25/h2-8,11-12,15-16,21H,9-10,13-14,17H2,1H3,(H,30,31). The van der Waals surface area contributed by atoms with Crippen LogP contribution >= 0.6 is 22.9 Å². The molecule has 37 heavy (non-hydrogen) atoms. The van der Waals surface area contributed by atoms with E-state index < -0.39 is 0 Å². The van der Waals surface area contributed by atoms with Gasteiger partial charge in [0.05, 0.1) is 21.3 Å². The van der Waals surface area contributed by atoms with Crippen molar-refractivity contribution in [3.05, 3.63) is 88.3 Å². The smallest absolute Gasteiger partial charge is 0.270 e. The Hall–Kier alpha value is -3.62. The minimum absolute atomic E-state index is 0.0479.